The molecule has 112 valence electrons. The number of nitrogens with one attached hydrogen (secondary N) is 1. The van der Waals surface area contributed by atoms with Crippen LogP contribution in [0, 0.1) is 0 Å². The lowest BCUT2D eigenvalue weighted by molar-refractivity contribution is 0.234. The Balaban J connectivity index is 1.84. The third kappa shape index (κ3) is 3.40. The van der Waals surface area contributed by atoms with Crippen molar-refractivity contribution < 1.29 is 4.74 Å². The number of ether oxygens (including phenoxy) is 1. The third-order valence-electron chi connectivity index (χ3n) is 3.53. The van der Waals surface area contributed by atoms with Crippen molar-refractivity contribution in [2.45, 2.75) is 45.3 Å². The van der Waals surface area contributed by atoms with E-state index >= 15 is 0 Å². The van der Waals surface area contributed by atoms with Crippen LogP contribution in [-0.4, -0.2) is 11.1 Å². The Morgan fingerprint density at radius 1 is 1.48 bits per heavy atom. The Labute approximate surface area is 137 Å². The fourth-order valence-corrected chi connectivity index (χ4v) is 4.50. The molecule has 0 saturated heterocycles. The van der Waals surface area contributed by atoms with E-state index in [1.807, 2.05) is 37.3 Å². The Morgan fingerprint density at radius 3 is 3.14 bits per heavy atom. The van der Waals surface area contributed by atoms with Crippen molar-refractivity contribution in [1.29, 1.82) is 0 Å². The summed E-state index contributed by atoms with van der Waals surface area (Å²) < 4.78 is 7.01. The van der Waals surface area contributed by atoms with Gasteiger partial charge in [0, 0.05) is 11.1 Å². The first-order chi connectivity index (χ1) is 10.1. The summed E-state index contributed by atoms with van der Waals surface area (Å²) in [5.74, 6) is 0.689. The lowest BCUT2D eigenvalue weighted by Crippen LogP contribution is -2.17. The van der Waals surface area contributed by atoms with Gasteiger partial charge in [-0.1, -0.05) is 0 Å². The number of rotatable bonds is 4. The molecule has 0 bridgehead atoms. The lowest BCUT2D eigenvalue weighted by Gasteiger charge is -2.25. The van der Waals surface area contributed by atoms with Crippen LogP contribution in [0.4, 0.5) is 5.69 Å². The van der Waals surface area contributed by atoms with Gasteiger partial charge in [0.1, 0.15) is 0 Å². The van der Waals surface area contributed by atoms with E-state index < -0.39 is 0 Å². The van der Waals surface area contributed by atoms with E-state index in [1.54, 1.807) is 6.20 Å². The molecule has 1 unspecified atom stereocenters. The lowest BCUT2D eigenvalue weighted by atomic mass is 9.94. The molecular weight excluding hydrogens is 348 g/mol. The Bertz CT molecular complexity index is 626. The highest BCUT2D eigenvalue weighted by Gasteiger charge is 2.23. The highest BCUT2D eigenvalue weighted by atomic mass is 79.9. The molecule has 21 heavy (non-hydrogen) atoms. The van der Waals surface area contributed by atoms with Crippen LogP contribution in [0.15, 0.2) is 28.2 Å². The van der Waals surface area contributed by atoms with Gasteiger partial charge in [-0.05, 0) is 72.8 Å². The monoisotopic (exact) mass is 366 g/mol. The van der Waals surface area contributed by atoms with Crippen LogP contribution in [0.5, 0.6) is 5.88 Å². The van der Waals surface area contributed by atoms with Gasteiger partial charge >= 0.3 is 0 Å². The second-order valence-electron chi connectivity index (χ2n) is 5.54. The van der Waals surface area contributed by atoms with Crippen LogP contribution in [0.2, 0.25) is 0 Å². The van der Waals surface area contributed by atoms with E-state index in [2.05, 4.69) is 32.3 Å². The number of hydrogen-bond donors (Lipinski definition) is 1. The second kappa shape index (κ2) is 6.36. The summed E-state index contributed by atoms with van der Waals surface area (Å²) in [6.45, 7) is 4.04. The number of anilines is 1. The molecule has 3 nitrogen and oxygen atoms in total. The Hall–Kier alpha value is -1.07. The molecule has 1 aliphatic carbocycles. The maximum Gasteiger partial charge on any atom is 0.237 e. The van der Waals surface area contributed by atoms with Crippen LogP contribution in [-0.2, 0) is 6.42 Å². The van der Waals surface area contributed by atoms with E-state index in [0.717, 1.165) is 12.1 Å². The van der Waals surface area contributed by atoms with Crippen molar-refractivity contribution in [3.8, 4) is 5.88 Å². The second-order valence-corrected chi connectivity index (χ2v) is 8.06. The van der Waals surface area contributed by atoms with Gasteiger partial charge in [0.15, 0.2) is 0 Å². The molecule has 1 N–H and O–H groups in total. The molecule has 2 aromatic rings. The first kappa shape index (κ1) is 14.9. The number of fused-ring (bicyclic) bond motifs is 1. The molecule has 1 aliphatic rings. The molecule has 0 aliphatic heterocycles. The molecule has 0 amide bonds. The maximum absolute atomic E-state index is 5.80. The fourth-order valence-electron chi connectivity index (χ4n) is 2.68. The van der Waals surface area contributed by atoms with Crippen LogP contribution in [0.1, 0.15) is 43.2 Å². The summed E-state index contributed by atoms with van der Waals surface area (Å²) in [4.78, 5) is 5.84. The zero-order valence-corrected chi connectivity index (χ0v) is 14.6. The van der Waals surface area contributed by atoms with Crippen LogP contribution in [0.25, 0.3) is 0 Å². The molecule has 0 radical (unpaired) electrons. The summed E-state index contributed by atoms with van der Waals surface area (Å²) in [6, 6.07) is 6.58. The SMILES string of the molecule is CC(C)Oc1ncccc1NC1CCCc2sc(Br)cc21. The van der Waals surface area contributed by atoms with Gasteiger partial charge in [0.2, 0.25) is 5.88 Å². The minimum atomic E-state index is 0.123. The predicted octanol–water partition coefficient (Wildman–Crippen LogP) is 5.18. The number of nitrogens with zero attached hydrogens (tertiary/aromatic N) is 1. The Morgan fingerprint density at radius 2 is 2.33 bits per heavy atom. The number of pyridine rings is 1. The number of aryl methyl sites for hydroxylation is 1. The molecule has 0 aromatic carbocycles. The normalized spacial score (nSPS) is 17.6. The van der Waals surface area contributed by atoms with Crippen molar-refractivity contribution in [2.24, 2.45) is 0 Å². The molecule has 5 heteroatoms. The van der Waals surface area contributed by atoms with Gasteiger partial charge in [-0.2, -0.15) is 0 Å². The van der Waals surface area contributed by atoms with E-state index in [1.165, 1.54) is 27.1 Å². The highest BCUT2D eigenvalue weighted by Crippen LogP contribution is 2.40. The summed E-state index contributed by atoms with van der Waals surface area (Å²) in [7, 11) is 0. The molecule has 0 spiro atoms. The first-order valence-corrected chi connectivity index (χ1v) is 8.90. The average molecular weight is 367 g/mol. The summed E-state index contributed by atoms with van der Waals surface area (Å²) in [5, 5.41) is 3.62. The predicted molar refractivity (Wildman–Crippen MR) is 91.3 cm³/mol. The molecule has 0 saturated carbocycles. The van der Waals surface area contributed by atoms with Crippen LogP contribution < -0.4 is 10.1 Å². The largest absolute Gasteiger partial charge is 0.473 e. The summed E-state index contributed by atoms with van der Waals surface area (Å²) >= 11 is 5.46. The fraction of sp³-hybridized carbons (Fsp3) is 0.438. The third-order valence-corrected chi connectivity index (χ3v) is 5.25. The van der Waals surface area contributed by atoms with Gasteiger partial charge < -0.3 is 10.1 Å². The van der Waals surface area contributed by atoms with E-state index in [0.29, 0.717) is 11.9 Å². The van der Waals surface area contributed by atoms with Crippen molar-refractivity contribution in [1.82, 2.24) is 4.98 Å². The van der Waals surface area contributed by atoms with Crippen LogP contribution in [0.3, 0.4) is 0 Å². The summed E-state index contributed by atoms with van der Waals surface area (Å²) in [5.41, 5.74) is 2.39. The topological polar surface area (TPSA) is 34.1 Å². The number of thiophene rings is 1. The van der Waals surface area contributed by atoms with E-state index in [9.17, 15) is 0 Å². The smallest absolute Gasteiger partial charge is 0.237 e. The van der Waals surface area contributed by atoms with Gasteiger partial charge in [-0.15, -0.1) is 11.3 Å². The zero-order valence-electron chi connectivity index (χ0n) is 12.2. The maximum atomic E-state index is 5.80. The molecule has 1 atom stereocenters. The first-order valence-electron chi connectivity index (χ1n) is 7.30. The van der Waals surface area contributed by atoms with Crippen molar-refractivity contribution >= 4 is 33.0 Å². The van der Waals surface area contributed by atoms with Crippen LogP contribution >= 0.6 is 27.3 Å². The summed E-state index contributed by atoms with van der Waals surface area (Å²) in [6.07, 6.45) is 5.45. The van der Waals surface area contributed by atoms with Gasteiger partial charge in [0.05, 0.1) is 21.6 Å². The van der Waals surface area contributed by atoms with Crippen molar-refractivity contribution in [3.05, 3.63) is 38.6 Å². The van der Waals surface area contributed by atoms with Gasteiger partial charge in [0.25, 0.3) is 0 Å². The highest BCUT2D eigenvalue weighted by molar-refractivity contribution is 9.11. The van der Waals surface area contributed by atoms with Gasteiger partial charge in [-0.25, -0.2) is 4.98 Å². The minimum absolute atomic E-state index is 0.123. The minimum Gasteiger partial charge on any atom is -0.473 e. The molecule has 2 heterocycles. The average Bonchev–Trinajstić information content (AvgIpc) is 2.82. The Kier molecular flexibility index (Phi) is 4.50. The number of hydrogen-bond acceptors (Lipinski definition) is 4. The molecule has 2 aromatic heterocycles. The zero-order chi connectivity index (χ0) is 14.8. The van der Waals surface area contributed by atoms with E-state index in [4.69, 9.17) is 4.74 Å². The standard InChI is InChI=1S/C16H19BrN2OS/c1-10(2)20-16-13(6-4-8-18-16)19-12-5-3-7-14-11(12)9-15(17)21-14/h4,6,8-10,12,19H,3,5,7H2,1-2H3. The van der Waals surface area contributed by atoms with Crippen molar-refractivity contribution in [3.63, 3.8) is 0 Å². The number of aromatic nitrogens is 1. The molecule has 0 fully saturated rings. The van der Waals surface area contributed by atoms with Crippen molar-refractivity contribution in [2.75, 3.05) is 5.32 Å². The molecular formula is C16H19BrN2OS. The molecule has 3 rings (SSSR count). The quantitative estimate of drug-likeness (QED) is 0.808. The number of halogens is 1. The van der Waals surface area contributed by atoms with Gasteiger partial charge in [-0.3, -0.25) is 0 Å². The van der Waals surface area contributed by atoms with E-state index in [-0.39, 0.29) is 6.10 Å².